The molecule has 0 bridgehead atoms. The summed E-state index contributed by atoms with van der Waals surface area (Å²) in [5.41, 5.74) is 0.764. The Bertz CT molecular complexity index is 896. The van der Waals surface area contributed by atoms with Gasteiger partial charge in [0.25, 0.3) is 5.56 Å². The number of carbonyl (C=O) groups is 1. The average Bonchev–Trinajstić information content (AvgIpc) is 2.73. The van der Waals surface area contributed by atoms with Gasteiger partial charge in [-0.3, -0.25) is 14.2 Å². The number of amides is 1. The van der Waals surface area contributed by atoms with Crippen LogP contribution in [-0.4, -0.2) is 39.2 Å². The van der Waals surface area contributed by atoms with Crippen LogP contribution in [0.5, 0.6) is 0 Å². The van der Waals surface area contributed by atoms with E-state index >= 15 is 0 Å². The first-order valence-electron chi connectivity index (χ1n) is 10.6. The molecule has 1 aromatic heterocycles. The van der Waals surface area contributed by atoms with E-state index in [0.29, 0.717) is 22.2 Å². The molecular weight excluding hydrogens is 370 g/mol. The van der Waals surface area contributed by atoms with Gasteiger partial charge >= 0.3 is 0 Å². The number of rotatable bonds is 4. The molecule has 0 atom stereocenters. The third kappa shape index (κ3) is 4.12. The van der Waals surface area contributed by atoms with E-state index in [0.717, 1.165) is 57.1 Å². The molecule has 1 amide bonds. The highest BCUT2D eigenvalue weighted by atomic mass is 32.2. The van der Waals surface area contributed by atoms with Crippen molar-refractivity contribution >= 4 is 28.6 Å². The van der Waals surface area contributed by atoms with Crippen molar-refractivity contribution in [3.05, 3.63) is 34.6 Å². The first-order chi connectivity index (χ1) is 13.6. The lowest BCUT2D eigenvalue weighted by atomic mass is 9.95. The van der Waals surface area contributed by atoms with Gasteiger partial charge in [-0.25, -0.2) is 4.98 Å². The third-order valence-corrected chi connectivity index (χ3v) is 7.11. The molecule has 2 aliphatic rings. The Morgan fingerprint density at radius 2 is 1.82 bits per heavy atom. The number of carbonyl (C=O) groups excluding carboxylic acids is 1. The van der Waals surface area contributed by atoms with Gasteiger partial charge in [-0.05, 0) is 43.7 Å². The number of aromatic nitrogens is 2. The van der Waals surface area contributed by atoms with Gasteiger partial charge in [0, 0.05) is 19.1 Å². The zero-order valence-corrected chi connectivity index (χ0v) is 17.4. The van der Waals surface area contributed by atoms with Crippen LogP contribution in [0.1, 0.15) is 57.9 Å². The minimum Gasteiger partial charge on any atom is -0.342 e. The molecule has 6 heteroatoms. The van der Waals surface area contributed by atoms with Crippen LogP contribution in [0.4, 0.5) is 0 Å². The molecule has 4 rings (SSSR count). The van der Waals surface area contributed by atoms with Crippen LogP contribution in [0.3, 0.4) is 0 Å². The maximum absolute atomic E-state index is 13.2. The number of benzene rings is 1. The maximum Gasteiger partial charge on any atom is 0.262 e. The summed E-state index contributed by atoms with van der Waals surface area (Å²) in [6.07, 6.45) is 7.74. The van der Waals surface area contributed by atoms with Crippen molar-refractivity contribution in [3.63, 3.8) is 0 Å². The summed E-state index contributed by atoms with van der Waals surface area (Å²) in [4.78, 5) is 32.7. The highest BCUT2D eigenvalue weighted by Gasteiger charge is 2.24. The molecule has 5 nitrogen and oxygen atoms in total. The van der Waals surface area contributed by atoms with E-state index in [9.17, 15) is 9.59 Å². The SMILES string of the molecule is CC1CCN(C(=O)CSc2nc3ccccc3c(=O)n2C2CCCCC2)CC1. The fraction of sp³-hybridized carbons (Fsp3) is 0.591. The first-order valence-corrected chi connectivity index (χ1v) is 11.5. The summed E-state index contributed by atoms with van der Waals surface area (Å²) in [6, 6.07) is 7.75. The Kier molecular flexibility index (Phi) is 6.04. The van der Waals surface area contributed by atoms with Gasteiger partial charge in [0.1, 0.15) is 0 Å². The van der Waals surface area contributed by atoms with E-state index < -0.39 is 0 Å². The van der Waals surface area contributed by atoms with Crippen LogP contribution in [-0.2, 0) is 4.79 Å². The van der Waals surface area contributed by atoms with Gasteiger partial charge in [0.15, 0.2) is 5.16 Å². The van der Waals surface area contributed by atoms with Crippen LogP contribution >= 0.6 is 11.8 Å². The number of para-hydroxylation sites is 1. The van der Waals surface area contributed by atoms with Crippen molar-refractivity contribution in [2.45, 2.75) is 63.1 Å². The maximum atomic E-state index is 13.2. The lowest BCUT2D eigenvalue weighted by Crippen LogP contribution is -2.39. The summed E-state index contributed by atoms with van der Waals surface area (Å²) in [6.45, 7) is 3.95. The fourth-order valence-electron chi connectivity index (χ4n) is 4.36. The van der Waals surface area contributed by atoms with Crippen molar-refractivity contribution in [3.8, 4) is 0 Å². The highest BCUT2D eigenvalue weighted by molar-refractivity contribution is 7.99. The zero-order valence-electron chi connectivity index (χ0n) is 16.6. The van der Waals surface area contributed by atoms with Gasteiger partial charge in [-0.1, -0.05) is 50.1 Å². The Morgan fingerprint density at radius 1 is 1.11 bits per heavy atom. The molecule has 2 aromatic rings. The second-order valence-electron chi connectivity index (χ2n) is 8.23. The Labute approximate surface area is 170 Å². The second kappa shape index (κ2) is 8.68. The van der Waals surface area contributed by atoms with Crippen molar-refractivity contribution in [1.82, 2.24) is 14.5 Å². The van der Waals surface area contributed by atoms with E-state index in [1.165, 1.54) is 18.2 Å². The van der Waals surface area contributed by atoms with Crippen LogP contribution in [0, 0.1) is 5.92 Å². The molecule has 1 saturated carbocycles. The predicted octanol–water partition coefficient (Wildman–Crippen LogP) is 4.25. The Morgan fingerprint density at radius 3 is 2.57 bits per heavy atom. The van der Waals surface area contributed by atoms with E-state index in [4.69, 9.17) is 4.98 Å². The van der Waals surface area contributed by atoms with Gasteiger partial charge in [0.2, 0.25) is 5.91 Å². The molecule has 0 spiro atoms. The van der Waals surface area contributed by atoms with Gasteiger partial charge in [-0.2, -0.15) is 0 Å². The lowest BCUT2D eigenvalue weighted by Gasteiger charge is -2.30. The van der Waals surface area contributed by atoms with E-state index in [1.807, 2.05) is 33.7 Å². The number of hydrogen-bond donors (Lipinski definition) is 0. The minimum atomic E-state index is 0.0410. The van der Waals surface area contributed by atoms with E-state index in [2.05, 4.69) is 6.92 Å². The summed E-state index contributed by atoms with van der Waals surface area (Å²) >= 11 is 1.43. The molecule has 2 heterocycles. The predicted molar refractivity (Wildman–Crippen MR) is 114 cm³/mol. The van der Waals surface area contributed by atoms with Gasteiger partial charge < -0.3 is 4.90 Å². The smallest absolute Gasteiger partial charge is 0.262 e. The van der Waals surface area contributed by atoms with Crippen molar-refractivity contribution < 1.29 is 4.79 Å². The molecule has 150 valence electrons. The quantitative estimate of drug-likeness (QED) is 0.570. The van der Waals surface area contributed by atoms with Crippen LogP contribution in [0.25, 0.3) is 10.9 Å². The molecular formula is C22H29N3O2S. The number of hydrogen-bond acceptors (Lipinski definition) is 4. The topological polar surface area (TPSA) is 55.2 Å². The van der Waals surface area contributed by atoms with Crippen LogP contribution in [0.2, 0.25) is 0 Å². The number of nitrogens with zero attached hydrogens (tertiary/aromatic N) is 3. The molecule has 1 aromatic carbocycles. The van der Waals surface area contributed by atoms with Crippen molar-refractivity contribution in [2.75, 3.05) is 18.8 Å². The second-order valence-corrected chi connectivity index (χ2v) is 9.17. The molecule has 28 heavy (non-hydrogen) atoms. The highest BCUT2D eigenvalue weighted by Crippen LogP contribution is 2.31. The van der Waals surface area contributed by atoms with Gasteiger partial charge in [-0.15, -0.1) is 0 Å². The standard InChI is InChI=1S/C22H29N3O2S/c1-16-11-13-24(14-12-16)20(26)15-28-22-23-19-10-6-5-9-18(19)21(27)25(22)17-7-3-2-4-8-17/h5-6,9-10,16-17H,2-4,7-8,11-15H2,1H3. The molecule has 0 radical (unpaired) electrons. The fourth-order valence-corrected chi connectivity index (χ4v) is 5.33. The summed E-state index contributed by atoms with van der Waals surface area (Å²) in [7, 11) is 0. The average molecular weight is 400 g/mol. The molecule has 2 fully saturated rings. The van der Waals surface area contributed by atoms with Crippen molar-refractivity contribution in [2.24, 2.45) is 5.92 Å². The lowest BCUT2D eigenvalue weighted by molar-refractivity contribution is -0.129. The normalized spacial score (nSPS) is 19.2. The molecule has 1 aliphatic carbocycles. The van der Waals surface area contributed by atoms with Crippen LogP contribution < -0.4 is 5.56 Å². The third-order valence-electron chi connectivity index (χ3n) is 6.18. The molecule has 1 aliphatic heterocycles. The summed E-state index contributed by atoms with van der Waals surface area (Å²) in [5.74, 6) is 1.22. The number of likely N-dealkylation sites (tertiary alicyclic amines) is 1. The summed E-state index contributed by atoms with van der Waals surface area (Å²) in [5, 5.41) is 1.38. The summed E-state index contributed by atoms with van der Waals surface area (Å²) < 4.78 is 1.89. The van der Waals surface area contributed by atoms with E-state index in [-0.39, 0.29) is 17.5 Å². The van der Waals surface area contributed by atoms with Gasteiger partial charge in [0.05, 0.1) is 16.7 Å². The number of thioether (sulfide) groups is 1. The molecule has 0 N–H and O–H groups in total. The van der Waals surface area contributed by atoms with E-state index in [1.54, 1.807) is 0 Å². The number of piperidine rings is 1. The zero-order chi connectivity index (χ0) is 19.5. The monoisotopic (exact) mass is 399 g/mol. The molecule has 0 unspecified atom stereocenters. The van der Waals surface area contributed by atoms with Crippen molar-refractivity contribution in [1.29, 1.82) is 0 Å². The first kappa shape index (κ1) is 19.5. The minimum absolute atomic E-state index is 0.0410. The van der Waals surface area contributed by atoms with Crippen LogP contribution in [0.15, 0.2) is 34.2 Å². The Hall–Kier alpha value is -1.82. The molecule has 1 saturated heterocycles. The number of fused-ring (bicyclic) bond motifs is 1. The largest absolute Gasteiger partial charge is 0.342 e. The Balaban J connectivity index is 1.59.